The predicted molar refractivity (Wildman–Crippen MR) is 89.9 cm³/mol. The van der Waals surface area contributed by atoms with E-state index in [4.69, 9.17) is 11.6 Å². The lowest BCUT2D eigenvalue weighted by Gasteiger charge is -2.07. The van der Waals surface area contributed by atoms with E-state index in [-0.39, 0.29) is 5.75 Å². The van der Waals surface area contributed by atoms with E-state index in [1.807, 2.05) is 24.3 Å². The normalized spacial score (nSPS) is 11.5. The molecule has 0 saturated heterocycles. The Hall–Kier alpha value is -0.880. The minimum Gasteiger partial charge on any atom is -0.215 e. The van der Waals surface area contributed by atoms with E-state index in [2.05, 4.69) is 20.7 Å². The molecule has 0 aliphatic carbocycles. The van der Waals surface area contributed by atoms with Crippen LogP contribution in [-0.2, 0) is 22.2 Å². The molecule has 2 aromatic rings. The zero-order chi connectivity index (χ0) is 15.3. The highest BCUT2D eigenvalue weighted by atomic mass is 79.9. The highest BCUT2D eigenvalue weighted by molar-refractivity contribution is 9.10. The van der Waals surface area contributed by atoms with E-state index in [0.717, 1.165) is 15.6 Å². The lowest BCUT2D eigenvalue weighted by Crippen LogP contribution is -2.27. The van der Waals surface area contributed by atoms with Crippen molar-refractivity contribution in [1.29, 1.82) is 0 Å². The van der Waals surface area contributed by atoms with E-state index in [1.54, 1.807) is 24.3 Å². The molecule has 112 valence electrons. The van der Waals surface area contributed by atoms with Gasteiger partial charge in [-0.3, -0.25) is 0 Å². The highest BCUT2D eigenvalue weighted by Crippen LogP contribution is 2.13. The molecule has 0 fully saturated rings. The van der Waals surface area contributed by atoms with E-state index < -0.39 is 10.0 Å². The first kappa shape index (κ1) is 16.5. The van der Waals surface area contributed by atoms with E-state index in [9.17, 15) is 8.42 Å². The van der Waals surface area contributed by atoms with Gasteiger partial charge in [0.05, 0.1) is 5.75 Å². The van der Waals surface area contributed by atoms with Crippen molar-refractivity contribution in [3.05, 3.63) is 69.2 Å². The Balaban J connectivity index is 1.86. The predicted octanol–water partition coefficient (Wildman–Crippen LogP) is 3.76. The van der Waals surface area contributed by atoms with Crippen LogP contribution in [0.3, 0.4) is 0 Å². The van der Waals surface area contributed by atoms with Crippen LogP contribution < -0.4 is 4.72 Å². The van der Waals surface area contributed by atoms with Gasteiger partial charge in [-0.1, -0.05) is 51.8 Å². The first-order valence-corrected chi connectivity index (χ1v) is 9.23. The second-order valence-corrected chi connectivity index (χ2v) is 7.82. The third-order valence-corrected chi connectivity index (χ3v) is 5.06. The number of rotatable bonds is 6. The second-order valence-electron chi connectivity index (χ2n) is 4.66. The number of nitrogens with one attached hydrogen (secondary N) is 1. The van der Waals surface area contributed by atoms with Gasteiger partial charge in [0.15, 0.2) is 0 Å². The number of sulfonamides is 1. The largest absolute Gasteiger partial charge is 0.215 e. The Kier molecular flexibility index (Phi) is 5.81. The maximum atomic E-state index is 12.0. The summed E-state index contributed by atoms with van der Waals surface area (Å²) in [5, 5.41) is 0.676. The Morgan fingerprint density at radius 3 is 2.14 bits per heavy atom. The van der Waals surface area contributed by atoms with Gasteiger partial charge in [-0.15, -0.1) is 0 Å². The summed E-state index contributed by atoms with van der Waals surface area (Å²) in [7, 11) is -3.32. The van der Waals surface area contributed by atoms with Gasteiger partial charge in [0.25, 0.3) is 0 Å². The molecule has 0 spiro atoms. The van der Waals surface area contributed by atoms with Crippen molar-refractivity contribution >= 4 is 37.6 Å². The third-order valence-electron chi connectivity index (χ3n) is 2.92. The van der Waals surface area contributed by atoms with Gasteiger partial charge >= 0.3 is 0 Å². The van der Waals surface area contributed by atoms with Crippen molar-refractivity contribution in [3.63, 3.8) is 0 Å². The first-order valence-electron chi connectivity index (χ1n) is 6.41. The summed E-state index contributed by atoms with van der Waals surface area (Å²) in [5.74, 6) is -0.0130. The molecular formula is C15H15BrClNO2S. The molecule has 2 aromatic carbocycles. The third kappa shape index (κ3) is 5.79. The summed E-state index contributed by atoms with van der Waals surface area (Å²) < 4.78 is 27.5. The molecule has 0 heterocycles. The van der Waals surface area contributed by atoms with Crippen LogP contribution in [0.2, 0.25) is 5.02 Å². The molecule has 0 radical (unpaired) electrons. The van der Waals surface area contributed by atoms with Crippen LogP contribution in [0.15, 0.2) is 53.0 Å². The van der Waals surface area contributed by atoms with Gasteiger partial charge in [-0.25, -0.2) is 13.1 Å². The quantitative estimate of drug-likeness (QED) is 0.819. The molecule has 0 saturated carbocycles. The summed E-state index contributed by atoms with van der Waals surface area (Å²) in [5.41, 5.74) is 1.81. The van der Waals surface area contributed by atoms with Crippen molar-refractivity contribution in [2.24, 2.45) is 0 Å². The standard InChI is InChI=1S/C15H15BrClNO2S/c16-14-5-1-13(2-6-14)11-21(19,20)18-10-9-12-3-7-15(17)8-4-12/h1-8,18H,9-11H2. The average Bonchev–Trinajstić information content (AvgIpc) is 2.43. The molecule has 0 amide bonds. The topological polar surface area (TPSA) is 46.2 Å². The molecule has 3 nitrogen and oxygen atoms in total. The smallest absolute Gasteiger partial charge is 0.215 e. The van der Waals surface area contributed by atoms with Crippen LogP contribution in [0.1, 0.15) is 11.1 Å². The minimum absolute atomic E-state index is 0.0130. The number of benzene rings is 2. The summed E-state index contributed by atoms with van der Waals surface area (Å²) in [4.78, 5) is 0. The number of hydrogen-bond donors (Lipinski definition) is 1. The first-order chi connectivity index (χ1) is 9.94. The molecule has 2 rings (SSSR count). The van der Waals surface area contributed by atoms with Crippen LogP contribution in [0.5, 0.6) is 0 Å². The monoisotopic (exact) mass is 387 g/mol. The average molecular weight is 389 g/mol. The maximum absolute atomic E-state index is 12.0. The van der Waals surface area contributed by atoms with Crippen molar-refractivity contribution < 1.29 is 8.42 Å². The van der Waals surface area contributed by atoms with Crippen molar-refractivity contribution in [3.8, 4) is 0 Å². The zero-order valence-corrected chi connectivity index (χ0v) is 14.4. The van der Waals surface area contributed by atoms with Crippen LogP contribution in [0, 0.1) is 0 Å². The molecule has 0 unspecified atom stereocenters. The number of halogens is 2. The van der Waals surface area contributed by atoms with Gasteiger partial charge in [-0.2, -0.15) is 0 Å². The molecule has 0 bridgehead atoms. The second kappa shape index (κ2) is 7.40. The van der Waals surface area contributed by atoms with Crippen LogP contribution in [0.4, 0.5) is 0 Å². The van der Waals surface area contributed by atoms with E-state index in [0.29, 0.717) is 18.0 Å². The van der Waals surface area contributed by atoms with E-state index >= 15 is 0 Å². The fourth-order valence-corrected chi connectivity index (χ4v) is 3.39. The van der Waals surface area contributed by atoms with Crippen LogP contribution in [-0.4, -0.2) is 15.0 Å². The van der Waals surface area contributed by atoms with Crippen molar-refractivity contribution in [2.45, 2.75) is 12.2 Å². The van der Waals surface area contributed by atoms with E-state index in [1.165, 1.54) is 0 Å². The SMILES string of the molecule is O=S(=O)(Cc1ccc(Br)cc1)NCCc1ccc(Cl)cc1. The van der Waals surface area contributed by atoms with Gasteiger partial charge in [0, 0.05) is 16.0 Å². The van der Waals surface area contributed by atoms with Crippen molar-refractivity contribution in [1.82, 2.24) is 4.72 Å². The molecular weight excluding hydrogens is 374 g/mol. The van der Waals surface area contributed by atoms with Crippen LogP contribution >= 0.6 is 27.5 Å². The fourth-order valence-electron chi connectivity index (χ4n) is 1.85. The fraction of sp³-hybridized carbons (Fsp3) is 0.200. The lowest BCUT2D eigenvalue weighted by molar-refractivity contribution is 0.581. The molecule has 0 atom stereocenters. The van der Waals surface area contributed by atoms with Gasteiger partial charge in [-0.05, 0) is 41.8 Å². The molecule has 0 aliphatic heterocycles. The molecule has 6 heteroatoms. The van der Waals surface area contributed by atoms with Crippen LogP contribution in [0.25, 0.3) is 0 Å². The minimum atomic E-state index is -3.32. The lowest BCUT2D eigenvalue weighted by atomic mass is 10.2. The van der Waals surface area contributed by atoms with Gasteiger partial charge < -0.3 is 0 Å². The van der Waals surface area contributed by atoms with Gasteiger partial charge in [0.2, 0.25) is 10.0 Å². The molecule has 21 heavy (non-hydrogen) atoms. The van der Waals surface area contributed by atoms with Gasteiger partial charge in [0.1, 0.15) is 0 Å². The Morgan fingerprint density at radius 2 is 1.52 bits per heavy atom. The zero-order valence-electron chi connectivity index (χ0n) is 11.2. The number of hydrogen-bond acceptors (Lipinski definition) is 2. The molecule has 0 aromatic heterocycles. The summed E-state index contributed by atoms with van der Waals surface area (Å²) in [6.07, 6.45) is 0.636. The molecule has 0 aliphatic rings. The summed E-state index contributed by atoms with van der Waals surface area (Å²) in [6.45, 7) is 0.375. The highest BCUT2D eigenvalue weighted by Gasteiger charge is 2.10. The summed E-state index contributed by atoms with van der Waals surface area (Å²) >= 11 is 9.13. The maximum Gasteiger partial charge on any atom is 0.215 e. The Labute approximate surface area is 138 Å². The van der Waals surface area contributed by atoms with Crippen molar-refractivity contribution in [2.75, 3.05) is 6.54 Å². The Morgan fingerprint density at radius 1 is 0.952 bits per heavy atom. The Bertz CT molecular complexity index is 685. The molecule has 1 N–H and O–H groups in total. The summed E-state index contributed by atoms with van der Waals surface area (Å²) in [6, 6.07) is 14.6.